The van der Waals surface area contributed by atoms with Gasteiger partial charge in [0.15, 0.2) is 5.69 Å². The van der Waals surface area contributed by atoms with Crippen LogP contribution in [0, 0.1) is 10.1 Å². The number of methoxy groups -OCH3 is 1. The molecule has 1 heterocycles. The van der Waals surface area contributed by atoms with Crippen molar-refractivity contribution >= 4 is 54.7 Å². The standard InChI is InChI=1S/C12H17N3O5.I2/c1-3-20-12(16)9-5-6-10(15(17)18)11(14-9)13-7-4-8-19-2;1-2/h5-6H,3-4,7-8H2,1-2H3,(H,13,14);. The van der Waals surface area contributed by atoms with Crippen LogP contribution in [0.1, 0.15) is 23.8 Å². The minimum Gasteiger partial charge on any atom is -0.461 e. The van der Waals surface area contributed by atoms with Crippen LogP contribution < -0.4 is 5.32 Å². The molecule has 1 rings (SSSR count). The largest absolute Gasteiger partial charge is 0.461 e. The van der Waals surface area contributed by atoms with Gasteiger partial charge in [-0.05, 0) is 19.4 Å². The molecule has 0 bridgehead atoms. The van der Waals surface area contributed by atoms with Crippen LogP contribution in [0.15, 0.2) is 12.1 Å². The zero-order valence-corrected chi connectivity index (χ0v) is 16.5. The molecule has 0 aromatic carbocycles. The number of carbonyl (C=O) groups excluding carboxylic acids is 1. The summed E-state index contributed by atoms with van der Waals surface area (Å²) >= 11 is 4.24. The summed E-state index contributed by atoms with van der Waals surface area (Å²) < 4.78 is 9.69. The van der Waals surface area contributed by atoms with Crippen LogP contribution in [0.2, 0.25) is 0 Å². The molecule has 124 valence electrons. The third kappa shape index (κ3) is 7.49. The van der Waals surface area contributed by atoms with Gasteiger partial charge in [0.25, 0.3) is 0 Å². The maximum atomic E-state index is 11.6. The minimum atomic E-state index is -0.609. The summed E-state index contributed by atoms with van der Waals surface area (Å²) in [7, 11) is 1.57. The zero-order valence-electron chi connectivity index (χ0n) is 12.2. The molecule has 0 aliphatic carbocycles. The Morgan fingerprint density at radius 3 is 2.68 bits per heavy atom. The summed E-state index contributed by atoms with van der Waals surface area (Å²) in [6.45, 7) is 2.87. The van der Waals surface area contributed by atoms with Crippen LogP contribution >= 0.6 is 37.2 Å². The van der Waals surface area contributed by atoms with Crippen LogP contribution in [0.5, 0.6) is 0 Å². The van der Waals surface area contributed by atoms with Gasteiger partial charge in [0, 0.05) is 63.6 Å². The molecule has 0 saturated heterocycles. The van der Waals surface area contributed by atoms with Crippen LogP contribution in [0.3, 0.4) is 0 Å². The predicted molar refractivity (Wildman–Crippen MR) is 99.9 cm³/mol. The van der Waals surface area contributed by atoms with Gasteiger partial charge in [-0.15, -0.1) is 0 Å². The first-order valence-corrected chi connectivity index (χ1v) is 12.6. The molecule has 1 aromatic rings. The molecule has 0 atom stereocenters. The van der Waals surface area contributed by atoms with Crippen LogP contribution in [0.25, 0.3) is 0 Å². The van der Waals surface area contributed by atoms with E-state index in [1.807, 2.05) is 0 Å². The fourth-order valence-corrected chi connectivity index (χ4v) is 1.47. The summed E-state index contributed by atoms with van der Waals surface area (Å²) in [6.07, 6.45) is 0.666. The Morgan fingerprint density at radius 1 is 1.45 bits per heavy atom. The van der Waals surface area contributed by atoms with E-state index in [-0.39, 0.29) is 23.8 Å². The Kier molecular flexibility index (Phi) is 12.3. The van der Waals surface area contributed by atoms with Crippen molar-refractivity contribution in [3.05, 3.63) is 27.9 Å². The highest BCUT2D eigenvalue weighted by molar-refractivity contribution is 15.0. The lowest BCUT2D eigenvalue weighted by molar-refractivity contribution is -0.384. The lowest BCUT2D eigenvalue weighted by atomic mass is 10.3. The van der Waals surface area contributed by atoms with Gasteiger partial charge in [-0.2, -0.15) is 0 Å². The first-order chi connectivity index (χ1) is 10.6. The Bertz CT molecular complexity index is 488. The van der Waals surface area contributed by atoms with Crippen molar-refractivity contribution in [3.63, 3.8) is 0 Å². The molecule has 8 nitrogen and oxygen atoms in total. The molecule has 0 unspecified atom stereocenters. The fourth-order valence-electron chi connectivity index (χ4n) is 1.47. The SMILES string of the molecule is CCOC(=O)c1ccc([N+](=O)[O-])c(NCCCOC)n1.II. The Balaban J connectivity index is 0.00000211. The lowest BCUT2D eigenvalue weighted by Crippen LogP contribution is -2.12. The first kappa shape index (κ1) is 21.2. The smallest absolute Gasteiger partial charge is 0.357 e. The van der Waals surface area contributed by atoms with E-state index in [1.54, 1.807) is 14.0 Å². The number of pyridine rings is 1. The van der Waals surface area contributed by atoms with Gasteiger partial charge < -0.3 is 14.8 Å². The van der Waals surface area contributed by atoms with E-state index >= 15 is 0 Å². The number of nitrogens with zero attached hydrogens (tertiary/aromatic N) is 2. The summed E-state index contributed by atoms with van der Waals surface area (Å²) in [4.78, 5) is 25.8. The van der Waals surface area contributed by atoms with Crippen molar-refractivity contribution in [2.24, 2.45) is 0 Å². The number of rotatable bonds is 8. The van der Waals surface area contributed by atoms with Crippen molar-refractivity contribution < 1.29 is 19.2 Å². The third-order valence-electron chi connectivity index (χ3n) is 2.37. The van der Waals surface area contributed by atoms with E-state index in [0.717, 1.165) is 0 Å². The van der Waals surface area contributed by atoms with Crippen molar-refractivity contribution in [2.75, 3.05) is 32.2 Å². The van der Waals surface area contributed by atoms with Gasteiger partial charge in [0.2, 0.25) is 5.82 Å². The quantitative estimate of drug-likeness (QED) is 0.178. The summed E-state index contributed by atoms with van der Waals surface area (Å²) in [5.41, 5.74) is -0.151. The number of carbonyl (C=O) groups is 1. The number of anilines is 1. The van der Waals surface area contributed by atoms with E-state index < -0.39 is 10.9 Å². The van der Waals surface area contributed by atoms with E-state index in [1.165, 1.54) is 12.1 Å². The number of aromatic nitrogens is 1. The second-order valence-corrected chi connectivity index (χ2v) is 3.81. The second-order valence-electron chi connectivity index (χ2n) is 3.81. The minimum absolute atomic E-state index is 0.0340. The summed E-state index contributed by atoms with van der Waals surface area (Å²) in [6, 6.07) is 2.51. The highest BCUT2D eigenvalue weighted by Gasteiger charge is 2.18. The van der Waals surface area contributed by atoms with E-state index in [0.29, 0.717) is 19.6 Å². The molecule has 0 amide bonds. The van der Waals surface area contributed by atoms with E-state index in [4.69, 9.17) is 9.47 Å². The molecule has 0 radical (unpaired) electrons. The molecule has 1 aromatic heterocycles. The highest BCUT2D eigenvalue weighted by atomic mass is 128. The fraction of sp³-hybridized carbons (Fsp3) is 0.500. The molecule has 0 spiro atoms. The van der Waals surface area contributed by atoms with Gasteiger partial charge in [0.1, 0.15) is 0 Å². The number of nitro groups is 1. The molecule has 10 heteroatoms. The topological polar surface area (TPSA) is 104 Å². The zero-order chi connectivity index (χ0) is 17.0. The van der Waals surface area contributed by atoms with Crippen molar-refractivity contribution in [1.29, 1.82) is 0 Å². The Hall–Kier alpha value is -0.760. The molecule has 0 fully saturated rings. The number of nitrogens with one attached hydrogen (secondary N) is 1. The van der Waals surface area contributed by atoms with E-state index in [2.05, 4.69) is 47.5 Å². The highest BCUT2D eigenvalue weighted by Crippen LogP contribution is 2.22. The van der Waals surface area contributed by atoms with Crippen LogP contribution in [-0.4, -0.2) is 42.7 Å². The molecule has 1 N–H and O–H groups in total. The maximum Gasteiger partial charge on any atom is 0.357 e. The maximum absolute atomic E-state index is 11.6. The Morgan fingerprint density at radius 2 is 2.14 bits per heavy atom. The second kappa shape index (κ2) is 12.8. The normalized spacial score (nSPS) is 9.45. The van der Waals surface area contributed by atoms with Crippen LogP contribution in [0.4, 0.5) is 11.5 Å². The molecular weight excluding hydrogens is 520 g/mol. The number of halogens is 2. The van der Waals surface area contributed by atoms with Gasteiger partial charge in [-0.3, -0.25) is 10.1 Å². The van der Waals surface area contributed by atoms with Crippen LogP contribution in [-0.2, 0) is 9.47 Å². The molecule has 0 aliphatic rings. The van der Waals surface area contributed by atoms with Gasteiger partial charge >= 0.3 is 11.7 Å². The Labute approximate surface area is 151 Å². The summed E-state index contributed by atoms with van der Waals surface area (Å²) in [5.74, 6) is -0.556. The number of hydrogen-bond acceptors (Lipinski definition) is 7. The molecule has 0 aliphatic heterocycles. The monoisotopic (exact) mass is 537 g/mol. The van der Waals surface area contributed by atoms with Gasteiger partial charge in [-0.25, -0.2) is 9.78 Å². The average Bonchev–Trinajstić information content (AvgIpc) is 2.53. The molecular formula is C12H17I2N3O5. The summed E-state index contributed by atoms with van der Waals surface area (Å²) in [5, 5.41) is 13.7. The number of ether oxygens (including phenoxy) is 2. The van der Waals surface area contributed by atoms with Crippen molar-refractivity contribution in [3.8, 4) is 0 Å². The number of esters is 1. The van der Waals surface area contributed by atoms with E-state index in [9.17, 15) is 14.9 Å². The third-order valence-corrected chi connectivity index (χ3v) is 2.37. The number of hydrogen-bond donors (Lipinski definition) is 1. The predicted octanol–water partition coefficient (Wildman–Crippen LogP) is 3.39. The van der Waals surface area contributed by atoms with Crippen molar-refractivity contribution in [1.82, 2.24) is 4.98 Å². The van der Waals surface area contributed by atoms with Gasteiger partial charge in [0.05, 0.1) is 11.5 Å². The van der Waals surface area contributed by atoms with Crippen molar-refractivity contribution in [2.45, 2.75) is 13.3 Å². The molecule has 22 heavy (non-hydrogen) atoms. The molecule has 0 saturated carbocycles. The lowest BCUT2D eigenvalue weighted by Gasteiger charge is -2.07. The van der Waals surface area contributed by atoms with Gasteiger partial charge in [-0.1, -0.05) is 0 Å². The average molecular weight is 537 g/mol. The first-order valence-electron chi connectivity index (χ1n) is 6.29.